The summed E-state index contributed by atoms with van der Waals surface area (Å²) >= 11 is 6.24. The first-order valence-corrected chi connectivity index (χ1v) is 11.4. The van der Waals surface area contributed by atoms with Crippen molar-refractivity contribution in [3.8, 4) is 0 Å². The zero-order valence-electron chi connectivity index (χ0n) is 18.7. The third-order valence-corrected chi connectivity index (χ3v) is 6.66. The molecule has 0 bridgehead atoms. The van der Waals surface area contributed by atoms with Crippen LogP contribution >= 0.6 is 11.6 Å². The third-order valence-electron chi connectivity index (χ3n) is 6.43. The van der Waals surface area contributed by atoms with Gasteiger partial charge in [-0.1, -0.05) is 72.3 Å². The summed E-state index contributed by atoms with van der Waals surface area (Å²) in [4.78, 5) is 28.2. The van der Waals surface area contributed by atoms with Crippen LogP contribution < -0.4 is 4.90 Å². The number of anilines is 1. The van der Waals surface area contributed by atoms with E-state index in [1.54, 1.807) is 30.3 Å². The molecule has 1 fully saturated rings. The third kappa shape index (κ3) is 3.57. The van der Waals surface area contributed by atoms with Crippen LogP contribution in [0.25, 0.3) is 16.5 Å². The molecule has 1 unspecified atom stereocenters. The molecule has 1 aliphatic heterocycles. The van der Waals surface area contributed by atoms with Gasteiger partial charge in [0.2, 0.25) is 0 Å². The van der Waals surface area contributed by atoms with E-state index in [9.17, 15) is 14.7 Å². The Hall–Kier alpha value is -3.89. The number of amides is 1. The van der Waals surface area contributed by atoms with Crippen LogP contribution in [0.5, 0.6) is 0 Å². The lowest BCUT2D eigenvalue weighted by molar-refractivity contribution is -0.132. The van der Waals surface area contributed by atoms with E-state index >= 15 is 0 Å². The van der Waals surface area contributed by atoms with Crippen LogP contribution in [-0.2, 0) is 9.59 Å². The molecule has 4 aromatic carbocycles. The Morgan fingerprint density at radius 3 is 2.35 bits per heavy atom. The van der Waals surface area contributed by atoms with Crippen molar-refractivity contribution in [1.82, 2.24) is 0 Å². The molecule has 5 rings (SSSR count). The van der Waals surface area contributed by atoms with Crippen LogP contribution in [0.1, 0.15) is 28.3 Å². The number of aryl methyl sites for hydroxylation is 2. The molecule has 1 N–H and O–H groups in total. The van der Waals surface area contributed by atoms with Crippen LogP contribution in [0.15, 0.2) is 90.5 Å². The zero-order chi connectivity index (χ0) is 24.0. The Labute approximate surface area is 202 Å². The monoisotopic (exact) mass is 467 g/mol. The molecule has 0 aliphatic carbocycles. The number of hydrogen-bond donors (Lipinski definition) is 1. The molecular formula is C29H22ClNO3. The predicted octanol–water partition coefficient (Wildman–Crippen LogP) is 6.74. The lowest BCUT2D eigenvalue weighted by Crippen LogP contribution is -2.29. The van der Waals surface area contributed by atoms with Crippen LogP contribution in [0.3, 0.4) is 0 Å². The van der Waals surface area contributed by atoms with Gasteiger partial charge in [-0.15, -0.1) is 0 Å². The maximum atomic E-state index is 13.4. The molecule has 168 valence electrons. The first kappa shape index (κ1) is 21.9. The van der Waals surface area contributed by atoms with Crippen molar-refractivity contribution in [2.24, 2.45) is 0 Å². The number of nitrogens with zero attached hydrogens (tertiary/aromatic N) is 1. The van der Waals surface area contributed by atoms with Crippen molar-refractivity contribution < 1.29 is 14.7 Å². The Bertz CT molecular complexity index is 1500. The fourth-order valence-electron chi connectivity index (χ4n) is 4.55. The Balaban J connectivity index is 1.82. The van der Waals surface area contributed by atoms with E-state index in [2.05, 4.69) is 0 Å². The fraction of sp³-hybridized carbons (Fsp3) is 0.103. The minimum absolute atomic E-state index is 0.0598. The standard InChI is InChI=1S/C29H22ClNO3/c1-17-13-14-20(15-18(17)2)27(32)25-26(24-12-5-8-19-7-3-4-11-23(19)24)31(29(34)28(25)33)22-10-6-9-21(30)16-22/h3-16,26,32H,1-2H3/b27-25-. The second-order valence-electron chi connectivity index (χ2n) is 8.52. The molecule has 1 heterocycles. The second-order valence-corrected chi connectivity index (χ2v) is 8.95. The largest absolute Gasteiger partial charge is 0.507 e. The number of Topliss-reactive ketones (excluding diaryl/α,β-unsaturated/α-hetero) is 1. The maximum absolute atomic E-state index is 13.4. The van der Waals surface area contributed by atoms with E-state index in [-0.39, 0.29) is 11.3 Å². The molecule has 1 saturated heterocycles. The summed E-state index contributed by atoms with van der Waals surface area (Å²) in [5, 5.41) is 13.7. The van der Waals surface area contributed by atoms with E-state index < -0.39 is 17.7 Å². The van der Waals surface area contributed by atoms with Gasteiger partial charge >= 0.3 is 0 Å². The number of halogens is 1. The summed E-state index contributed by atoms with van der Waals surface area (Å²) < 4.78 is 0. The van der Waals surface area contributed by atoms with Crippen LogP contribution in [0.4, 0.5) is 5.69 Å². The molecule has 0 aromatic heterocycles. The van der Waals surface area contributed by atoms with Crippen molar-refractivity contribution in [2.75, 3.05) is 4.90 Å². The minimum Gasteiger partial charge on any atom is -0.507 e. The molecule has 4 aromatic rings. The molecule has 34 heavy (non-hydrogen) atoms. The number of benzene rings is 4. The van der Waals surface area contributed by atoms with Crippen LogP contribution in [0, 0.1) is 13.8 Å². The number of rotatable bonds is 3. The average molecular weight is 468 g/mol. The molecule has 4 nitrogen and oxygen atoms in total. The van der Waals surface area contributed by atoms with E-state index in [1.807, 2.05) is 68.4 Å². The second kappa shape index (κ2) is 8.47. The number of aliphatic hydroxyl groups excluding tert-OH is 1. The number of fused-ring (bicyclic) bond motifs is 1. The van der Waals surface area contributed by atoms with Gasteiger partial charge in [0, 0.05) is 16.3 Å². The Kier molecular flexibility index (Phi) is 5.46. The van der Waals surface area contributed by atoms with E-state index in [0.717, 1.165) is 27.5 Å². The van der Waals surface area contributed by atoms with Crippen molar-refractivity contribution in [3.05, 3.63) is 118 Å². The normalized spacial score (nSPS) is 17.5. The highest BCUT2D eigenvalue weighted by Gasteiger charge is 2.47. The first-order valence-electron chi connectivity index (χ1n) is 11.0. The van der Waals surface area contributed by atoms with Crippen LogP contribution in [-0.4, -0.2) is 16.8 Å². The summed E-state index contributed by atoms with van der Waals surface area (Å²) in [6.07, 6.45) is 0. The predicted molar refractivity (Wildman–Crippen MR) is 136 cm³/mol. The van der Waals surface area contributed by atoms with E-state index in [0.29, 0.717) is 16.3 Å². The highest BCUT2D eigenvalue weighted by molar-refractivity contribution is 6.52. The first-order chi connectivity index (χ1) is 16.4. The van der Waals surface area contributed by atoms with Gasteiger partial charge in [-0.3, -0.25) is 14.5 Å². The van der Waals surface area contributed by atoms with Gasteiger partial charge < -0.3 is 5.11 Å². The van der Waals surface area contributed by atoms with Gasteiger partial charge in [-0.25, -0.2) is 0 Å². The van der Waals surface area contributed by atoms with E-state index in [4.69, 9.17) is 11.6 Å². The van der Waals surface area contributed by atoms with Crippen LogP contribution in [0.2, 0.25) is 5.02 Å². The number of hydrogen-bond acceptors (Lipinski definition) is 3. The van der Waals surface area contributed by atoms with Gasteiger partial charge in [-0.2, -0.15) is 0 Å². The highest BCUT2D eigenvalue weighted by Crippen LogP contribution is 2.44. The zero-order valence-corrected chi connectivity index (χ0v) is 19.5. The maximum Gasteiger partial charge on any atom is 0.300 e. The van der Waals surface area contributed by atoms with Crippen molar-refractivity contribution in [1.29, 1.82) is 0 Å². The molecule has 1 aliphatic rings. The fourth-order valence-corrected chi connectivity index (χ4v) is 4.74. The van der Waals surface area contributed by atoms with Gasteiger partial charge in [0.25, 0.3) is 11.7 Å². The smallest absolute Gasteiger partial charge is 0.300 e. The average Bonchev–Trinajstić information content (AvgIpc) is 3.10. The number of carbonyl (C=O) groups is 2. The van der Waals surface area contributed by atoms with Crippen molar-refractivity contribution in [3.63, 3.8) is 0 Å². The SMILES string of the molecule is Cc1ccc(/C(O)=C2/C(=O)C(=O)N(c3cccc(Cl)c3)C2c2cccc3ccccc23)cc1C. The van der Waals surface area contributed by atoms with Crippen molar-refractivity contribution >= 4 is 45.5 Å². The number of aliphatic hydroxyl groups is 1. The molecular weight excluding hydrogens is 446 g/mol. The number of ketones is 1. The topological polar surface area (TPSA) is 57.6 Å². The Morgan fingerprint density at radius 2 is 1.59 bits per heavy atom. The summed E-state index contributed by atoms with van der Waals surface area (Å²) in [6, 6.07) is 25.1. The summed E-state index contributed by atoms with van der Waals surface area (Å²) in [5.74, 6) is -1.62. The molecule has 0 spiro atoms. The molecule has 0 saturated carbocycles. The summed E-state index contributed by atoms with van der Waals surface area (Å²) in [6.45, 7) is 3.92. The quantitative estimate of drug-likeness (QED) is 0.206. The van der Waals surface area contributed by atoms with E-state index in [1.165, 1.54) is 4.90 Å². The van der Waals surface area contributed by atoms with Gasteiger partial charge in [0.15, 0.2) is 0 Å². The van der Waals surface area contributed by atoms with Gasteiger partial charge in [-0.05, 0) is 65.6 Å². The lowest BCUT2D eigenvalue weighted by Gasteiger charge is -2.26. The van der Waals surface area contributed by atoms with Crippen molar-refractivity contribution in [2.45, 2.75) is 19.9 Å². The van der Waals surface area contributed by atoms with Gasteiger partial charge in [0.1, 0.15) is 5.76 Å². The molecule has 1 amide bonds. The van der Waals surface area contributed by atoms with Gasteiger partial charge in [0.05, 0.1) is 11.6 Å². The Morgan fingerprint density at radius 1 is 0.853 bits per heavy atom. The molecule has 1 atom stereocenters. The highest BCUT2D eigenvalue weighted by atomic mass is 35.5. The lowest BCUT2D eigenvalue weighted by atomic mass is 9.91. The number of carbonyl (C=O) groups excluding carboxylic acids is 2. The summed E-state index contributed by atoms with van der Waals surface area (Å²) in [5.41, 5.74) is 3.85. The molecule has 0 radical (unpaired) electrons. The summed E-state index contributed by atoms with van der Waals surface area (Å²) in [7, 11) is 0. The molecule has 5 heteroatoms. The minimum atomic E-state index is -0.814.